The maximum absolute atomic E-state index is 10.1. The van der Waals surface area contributed by atoms with Crippen molar-refractivity contribution < 1.29 is 9.76 Å². The predicted octanol–water partition coefficient (Wildman–Crippen LogP) is 3.04. The zero-order valence-electron chi connectivity index (χ0n) is 14.0. The van der Waals surface area contributed by atoms with Gasteiger partial charge in [-0.1, -0.05) is 41.9 Å². The molecular weight excluding hydrogens is 285 g/mol. The maximum Gasteiger partial charge on any atom is 0.330 e. The molecule has 117 valence electrons. The Morgan fingerprint density at radius 1 is 0.913 bits per heavy atom. The van der Waals surface area contributed by atoms with Crippen LogP contribution in [0.1, 0.15) is 33.3 Å². The Labute approximate surface area is 138 Å². The number of nitrogens with zero attached hydrogens (tertiary/aromatic N) is 1. The van der Waals surface area contributed by atoms with Crippen LogP contribution in [0.3, 0.4) is 0 Å². The SMILES string of the molecule is CC(C)(O)C(C)(C)O[B]c1ccc(-c2ccc(C#N)cc2)cc1. The first-order chi connectivity index (χ1) is 10.7. The summed E-state index contributed by atoms with van der Waals surface area (Å²) in [6, 6.07) is 17.6. The van der Waals surface area contributed by atoms with Crippen LogP contribution in [0, 0.1) is 11.3 Å². The number of nitriles is 1. The fourth-order valence-corrected chi connectivity index (χ4v) is 1.85. The van der Waals surface area contributed by atoms with E-state index >= 15 is 0 Å². The lowest BCUT2D eigenvalue weighted by Crippen LogP contribution is -2.49. The number of aliphatic hydroxyl groups is 1. The molecule has 0 aliphatic rings. The molecule has 0 saturated heterocycles. The lowest BCUT2D eigenvalue weighted by atomic mass is 9.82. The zero-order valence-corrected chi connectivity index (χ0v) is 14.0. The first kappa shape index (κ1) is 17.3. The molecule has 2 rings (SSSR count). The van der Waals surface area contributed by atoms with Crippen LogP contribution in [0.25, 0.3) is 11.1 Å². The van der Waals surface area contributed by atoms with Crippen LogP contribution >= 0.6 is 0 Å². The van der Waals surface area contributed by atoms with E-state index in [-0.39, 0.29) is 0 Å². The van der Waals surface area contributed by atoms with Gasteiger partial charge in [0.1, 0.15) is 0 Å². The van der Waals surface area contributed by atoms with Gasteiger partial charge < -0.3 is 9.76 Å². The van der Waals surface area contributed by atoms with Gasteiger partial charge in [-0.2, -0.15) is 5.26 Å². The second-order valence-corrected chi connectivity index (χ2v) is 6.62. The van der Waals surface area contributed by atoms with E-state index in [0.717, 1.165) is 16.6 Å². The topological polar surface area (TPSA) is 53.2 Å². The molecule has 23 heavy (non-hydrogen) atoms. The van der Waals surface area contributed by atoms with Gasteiger partial charge in [-0.05, 0) is 51.0 Å². The fourth-order valence-electron chi connectivity index (χ4n) is 1.85. The Morgan fingerprint density at radius 3 is 1.83 bits per heavy atom. The molecule has 3 nitrogen and oxygen atoms in total. The van der Waals surface area contributed by atoms with E-state index in [0.29, 0.717) is 5.56 Å². The minimum atomic E-state index is -0.939. The average molecular weight is 306 g/mol. The summed E-state index contributed by atoms with van der Waals surface area (Å²) in [5.74, 6) is 0. The quantitative estimate of drug-likeness (QED) is 0.864. The standard InChI is InChI=1S/C19H21BNO2/c1-18(2,22)19(3,4)23-20-17-11-9-16(10-12-17)15-7-5-14(13-21)6-8-15/h5-12,22H,1-4H3. The number of rotatable bonds is 5. The Bertz CT molecular complexity index is 692. The summed E-state index contributed by atoms with van der Waals surface area (Å²) in [5, 5.41) is 18.9. The van der Waals surface area contributed by atoms with Gasteiger partial charge in [-0.15, -0.1) is 0 Å². The Hall–Kier alpha value is -2.09. The molecule has 0 aliphatic carbocycles. The minimum absolute atomic E-state index is 0.654. The Kier molecular flexibility index (Phi) is 4.94. The van der Waals surface area contributed by atoms with Crippen LogP contribution < -0.4 is 5.46 Å². The number of hydrogen-bond donors (Lipinski definition) is 1. The van der Waals surface area contributed by atoms with Crippen molar-refractivity contribution in [2.24, 2.45) is 0 Å². The summed E-state index contributed by atoms with van der Waals surface area (Å²) < 4.78 is 5.74. The zero-order chi connectivity index (χ0) is 17.1. The van der Waals surface area contributed by atoms with Crippen molar-refractivity contribution in [1.29, 1.82) is 5.26 Å². The van der Waals surface area contributed by atoms with Crippen LogP contribution in [0.4, 0.5) is 0 Å². The molecule has 2 aromatic rings. The van der Waals surface area contributed by atoms with E-state index in [2.05, 4.69) is 6.07 Å². The highest BCUT2D eigenvalue weighted by Gasteiger charge is 2.35. The van der Waals surface area contributed by atoms with Crippen molar-refractivity contribution >= 4 is 12.9 Å². The van der Waals surface area contributed by atoms with Crippen LogP contribution in [0.5, 0.6) is 0 Å². The highest BCUT2D eigenvalue weighted by atomic mass is 16.5. The smallest absolute Gasteiger partial charge is 0.330 e. The third-order valence-electron chi connectivity index (χ3n) is 4.22. The van der Waals surface area contributed by atoms with Gasteiger partial charge in [0.25, 0.3) is 0 Å². The van der Waals surface area contributed by atoms with Crippen molar-refractivity contribution in [3.8, 4) is 17.2 Å². The van der Waals surface area contributed by atoms with Crippen molar-refractivity contribution in [1.82, 2.24) is 0 Å². The molecule has 0 aromatic heterocycles. The van der Waals surface area contributed by atoms with Gasteiger partial charge in [0, 0.05) is 0 Å². The molecule has 0 atom stereocenters. The molecule has 4 heteroatoms. The predicted molar refractivity (Wildman–Crippen MR) is 93.4 cm³/mol. The van der Waals surface area contributed by atoms with Crippen LogP contribution in [-0.4, -0.2) is 23.8 Å². The molecule has 0 fully saturated rings. The van der Waals surface area contributed by atoms with E-state index in [1.165, 1.54) is 0 Å². The van der Waals surface area contributed by atoms with Gasteiger partial charge in [0.15, 0.2) is 0 Å². The molecule has 0 spiro atoms. The molecule has 0 saturated carbocycles. The third-order valence-corrected chi connectivity index (χ3v) is 4.22. The molecule has 0 unspecified atom stereocenters. The summed E-state index contributed by atoms with van der Waals surface area (Å²) in [5.41, 5.74) is 2.10. The highest BCUT2D eigenvalue weighted by molar-refractivity contribution is 6.47. The summed E-state index contributed by atoms with van der Waals surface area (Å²) in [7, 11) is 1.67. The molecule has 0 heterocycles. The van der Waals surface area contributed by atoms with Gasteiger partial charge in [-0.3, -0.25) is 0 Å². The average Bonchev–Trinajstić information content (AvgIpc) is 2.52. The molecule has 0 bridgehead atoms. The van der Waals surface area contributed by atoms with Gasteiger partial charge in [0.05, 0.1) is 22.8 Å². The number of hydrogen-bond acceptors (Lipinski definition) is 3. The Balaban J connectivity index is 2.06. The van der Waals surface area contributed by atoms with E-state index in [1.54, 1.807) is 21.3 Å². The lowest BCUT2D eigenvalue weighted by molar-refractivity contribution is -0.0893. The van der Waals surface area contributed by atoms with Crippen molar-refractivity contribution in [3.05, 3.63) is 54.1 Å². The summed E-state index contributed by atoms with van der Waals surface area (Å²) in [4.78, 5) is 0. The van der Waals surface area contributed by atoms with Crippen molar-refractivity contribution in [2.45, 2.75) is 38.9 Å². The van der Waals surface area contributed by atoms with Crippen molar-refractivity contribution in [3.63, 3.8) is 0 Å². The van der Waals surface area contributed by atoms with Gasteiger partial charge in [0.2, 0.25) is 0 Å². The second-order valence-electron chi connectivity index (χ2n) is 6.62. The maximum atomic E-state index is 10.1. The normalized spacial score (nSPS) is 11.8. The summed E-state index contributed by atoms with van der Waals surface area (Å²) >= 11 is 0. The second kappa shape index (κ2) is 6.58. The first-order valence-corrected chi connectivity index (χ1v) is 7.57. The monoisotopic (exact) mass is 306 g/mol. The molecule has 1 N–H and O–H groups in total. The van der Waals surface area contributed by atoms with Gasteiger partial charge in [-0.25, -0.2) is 0 Å². The third kappa shape index (κ3) is 4.22. The largest absolute Gasteiger partial charge is 0.427 e. The van der Waals surface area contributed by atoms with Crippen LogP contribution in [0.2, 0.25) is 0 Å². The summed E-state index contributed by atoms with van der Waals surface area (Å²) in [6.07, 6.45) is 0. The minimum Gasteiger partial charge on any atom is -0.427 e. The van der Waals surface area contributed by atoms with E-state index in [9.17, 15) is 5.11 Å². The number of benzene rings is 2. The van der Waals surface area contributed by atoms with E-state index in [1.807, 2.05) is 62.4 Å². The van der Waals surface area contributed by atoms with E-state index < -0.39 is 11.2 Å². The Morgan fingerprint density at radius 2 is 1.39 bits per heavy atom. The molecule has 0 amide bonds. The highest BCUT2D eigenvalue weighted by Crippen LogP contribution is 2.24. The van der Waals surface area contributed by atoms with Crippen LogP contribution in [0.15, 0.2) is 48.5 Å². The van der Waals surface area contributed by atoms with E-state index in [4.69, 9.17) is 9.92 Å². The lowest BCUT2D eigenvalue weighted by Gasteiger charge is -2.37. The molecule has 1 radical (unpaired) electrons. The van der Waals surface area contributed by atoms with Crippen molar-refractivity contribution in [2.75, 3.05) is 0 Å². The van der Waals surface area contributed by atoms with Crippen LogP contribution in [-0.2, 0) is 4.65 Å². The molecular formula is C19H21BNO2. The fraction of sp³-hybridized carbons (Fsp3) is 0.316. The molecule has 0 aliphatic heterocycles. The first-order valence-electron chi connectivity index (χ1n) is 7.57. The summed E-state index contributed by atoms with van der Waals surface area (Å²) in [6.45, 7) is 7.17. The van der Waals surface area contributed by atoms with Gasteiger partial charge >= 0.3 is 7.48 Å². The molecule has 2 aromatic carbocycles.